The predicted octanol–water partition coefficient (Wildman–Crippen LogP) is 3.68. The van der Waals surface area contributed by atoms with Gasteiger partial charge in [0.15, 0.2) is 0 Å². The molecule has 134 valence electrons. The summed E-state index contributed by atoms with van der Waals surface area (Å²) in [5.41, 5.74) is 0.801. The Bertz CT molecular complexity index is 662. The van der Waals surface area contributed by atoms with Crippen LogP contribution in [0.3, 0.4) is 0 Å². The molecule has 0 radical (unpaired) electrons. The first-order chi connectivity index (χ1) is 11.5. The van der Waals surface area contributed by atoms with Crippen molar-refractivity contribution < 1.29 is 8.42 Å². The number of rotatable bonds is 3. The molecule has 0 spiro atoms. The molecule has 3 rings (SSSR count). The van der Waals surface area contributed by atoms with Gasteiger partial charge in [-0.1, -0.05) is 37.3 Å². The lowest BCUT2D eigenvalue weighted by Gasteiger charge is -2.38. The molecule has 6 heteroatoms. The standard InChI is InChI=1S/C18H27ClN2O2S/c1-15-14-17(8-9-18(15)19)24(22,23)21-12-10-20(11-13-21)16-6-4-2-3-5-7-16/h8-9,14,16H,2-7,10-13H2,1H3. The predicted molar refractivity (Wildman–Crippen MR) is 98.0 cm³/mol. The largest absolute Gasteiger partial charge is 0.298 e. The van der Waals surface area contributed by atoms with Crippen molar-refractivity contribution in [1.29, 1.82) is 0 Å². The Morgan fingerprint density at radius 1 is 1.00 bits per heavy atom. The maximum atomic E-state index is 12.9. The van der Waals surface area contributed by atoms with Gasteiger partial charge in [0, 0.05) is 37.2 Å². The van der Waals surface area contributed by atoms with Gasteiger partial charge in [-0.05, 0) is 43.5 Å². The molecule has 1 saturated carbocycles. The minimum absolute atomic E-state index is 0.354. The highest BCUT2D eigenvalue weighted by Gasteiger charge is 2.31. The van der Waals surface area contributed by atoms with E-state index in [1.165, 1.54) is 38.5 Å². The highest BCUT2D eigenvalue weighted by Crippen LogP contribution is 2.26. The molecule has 1 heterocycles. The molecular weight excluding hydrogens is 344 g/mol. The molecule has 0 atom stereocenters. The van der Waals surface area contributed by atoms with Gasteiger partial charge in [0.25, 0.3) is 0 Å². The smallest absolute Gasteiger partial charge is 0.243 e. The van der Waals surface area contributed by atoms with Gasteiger partial charge in [-0.25, -0.2) is 8.42 Å². The highest BCUT2D eigenvalue weighted by atomic mass is 35.5. The van der Waals surface area contributed by atoms with Crippen LogP contribution in [-0.4, -0.2) is 49.8 Å². The number of sulfonamides is 1. The van der Waals surface area contributed by atoms with Crippen LogP contribution in [0.4, 0.5) is 0 Å². The summed E-state index contributed by atoms with van der Waals surface area (Å²) in [6, 6.07) is 5.61. The summed E-state index contributed by atoms with van der Waals surface area (Å²) < 4.78 is 27.3. The Balaban J connectivity index is 1.65. The fraction of sp³-hybridized carbons (Fsp3) is 0.667. The lowest BCUT2D eigenvalue weighted by molar-refractivity contribution is 0.126. The Hall–Kier alpha value is -0.620. The number of piperazine rings is 1. The average Bonchev–Trinajstić information content (AvgIpc) is 2.86. The van der Waals surface area contributed by atoms with Gasteiger partial charge in [-0.3, -0.25) is 4.90 Å². The van der Waals surface area contributed by atoms with Crippen LogP contribution in [0.2, 0.25) is 5.02 Å². The maximum absolute atomic E-state index is 12.9. The maximum Gasteiger partial charge on any atom is 0.243 e. The van der Waals surface area contributed by atoms with Crippen LogP contribution in [0.15, 0.2) is 23.1 Å². The summed E-state index contributed by atoms with van der Waals surface area (Å²) in [6.07, 6.45) is 7.86. The lowest BCUT2D eigenvalue weighted by atomic mass is 10.1. The van der Waals surface area contributed by atoms with E-state index in [-0.39, 0.29) is 0 Å². The zero-order chi connectivity index (χ0) is 17.2. The molecule has 1 saturated heterocycles. The SMILES string of the molecule is Cc1cc(S(=O)(=O)N2CCN(C3CCCCCC3)CC2)ccc1Cl. The van der Waals surface area contributed by atoms with Crippen LogP contribution in [0, 0.1) is 6.92 Å². The molecule has 4 nitrogen and oxygen atoms in total. The van der Waals surface area contributed by atoms with E-state index in [4.69, 9.17) is 11.6 Å². The number of halogens is 1. The van der Waals surface area contributed by atoms with Gasteiger partial charge in [0.2, 0.25) is 10.0 Å². The first-order valence-corrected chi connectivity index (χ1v) is 10.8. The fourth-order valence-corrected chi connectivity index (χ4v) is 5.48. The van der Waals surface area contributed by atoms with E-state index >= 15 is 0 Å². The van der Waals surface area contributed by atoms with Crippen molar-refractivity contribution in [3.05, 3.63) is 28.8 Å². The van der Waals surface area contributed by atoms with Crippen molar-refractivity contribution in [1.82, 2.24) is 9.21 Å². The Kier molecular flexibility index (Phi) is 5.85. The molecule has 2 aliphatic rings. The van der Waals surface area contributed by atoms with E-state index in [9.17, 15) is 8.42 Å². The van der Waals surface area contributed by atoms with Crippen molar-refractivity contribution in [2.24, 2.45) is 0 Å². The second kappa shape index (κ2) is 7.73. The van der Waals surface area contributed by atoms with Gasteiger partial charge < -0.3 is 0 Å². The van der Waals surface area contributed by atoms with Crippen molar-refractivity contribution in [2.75, 3.05) is 26.2 Å². The van der Waals surface area contributed by atoms with Crippen LogP contribution in [0.25, 0.3) is 0 Å². The Morgan fingerprint density at radius 3 is 2.21 bits per heavy atom. The molecule has 0 aromatic heterocycles. The molecule has 1 aliphatic carbocycles. The topological polar surface area (TPSA) is 40.6 Å². The Morgan fingerprint density at radius 2 is 1.62 bits per heavy atom. The van der Waals surface area contributed by atoms with E-state index in [0.717, 1.165) is 18.7 Å². The second-order valence-electron chi connectivity index (χ2n) is 7.00. The van der Waals surface area contributed by atoms with E-state index in [2.05, 4.69) is 4.90 Å². The molecular formula is C18H27ClN2O2S. The zero-order valence-electron chi connectivity index (χ0n) is 14.4. The van der Waals surface area contributed by atoms with Crippen LogP contribution >= 0.6 is 11.6 Å². The first kappa shape index (κ1) is 18.2. The number of benzene rings is 1. The van der Waals surface area contributed by atoms with Crippen molar-refractivity contribution in [2.45, 2.75) is 56.4 Å². The van der Waals surface area contributed by atoms with Crippen LogP contribution in [0.1, 0.15) is 44.1 Å². The molecule has 0 bridgehead atoms. The third-order valence-corrected chi connectivity index (χ3v) is 7.70. The van der Waals surface area contributed by atoms with Gasteiger partial charge in [-0.2, -0.15) is 4.31 Å². The molecule has 0 amide bonds. The average molecular weight is 371 g/mol. The van der Waals surface area contributed by atoms with Gasteiger partial charge >= 0.3 is 0 Å². The molecule has 1 aliphatic heterocycles. The molecule has 0 unspecified atom stereocenters. The quantitative estimate of drug-likeness (QED) is 0.762. The number of hydrogen-bond acceptors (Lipinski definition) is 3. The summed E-state index contributed by atoms with van der Waals surface area (Å²) in [5.74, 6) is 0. The Labute approximate surface area is 150 Å². The first-order valence-electron chi connectivity index (χ1n) is 8.99. The van der Waals surface area contributed by atoms with E-state index in [1.54, 1.807) is 22.5 Å². The van der Waals surface area contributed by atoms with Crippen LogP contribution in [0.5, 0.6) is 0 Å². The normalized spacial score (nSPS) is 22.4. The minimum atomic E-state index is -3.41. The lowest BCUT2D eigenvalue weighted by Crippen LogP contribution is -2.51. The molecule has 1 aromatic rings. The third-order valence-electron chi connectivity index (χ3n) is 5.38. The van der Waals surface area contributed by atoms with Crippen molar-refractivity contribution >= 4 is 21.6 Å². The third kappa shape index (κ3) is 3.96. The summed E-state index contributed by atoms with van der Waals surface area (Å²) in [7, 11) is -3.41. The van der Waals surface area contributed by atoms with Crippen molar-refractivity contribution in [3.63, 3.8) is 0 Å². The molecule has 1 aromatic carbocycles. The summed E-state index contributed by atoms with van der Waals surface area (Å²) in [5, 5.41) is 0.604. The van der Waals surface area contributed by atoms with Gasteiger partial charge in [0.05, 0.1) is 4.90 Å². The van der Waals surface area contributed by atoms with Crippen molar-refractivity contribution in [3.8, 4) is 0 Å². The molecule has 0 N–H and O–H groups in total. The number of aryl methyl sites for hydroxylation is 1. The highest BCUT2D eigenvalue weighted by molar-refractivity contribution is 7.89. The van der Waals surface area contributed by atoms with E-state index in [0.29, 0.717) is 29.0 Å². The van der Waals surface area contributed by atoms with Gasteiger partial charge in [0.1, 0.15) is 0 Å². The number of hydrogen-bond donors (Lipinski definition) is 0. The monoisotopic (exact) mass is 370 g/mol. The molecule has 24 heavy (non-hydrogen) atoms. The minimum Gasteiger partial charge on any atom is -0.298 e. The zero-order valence-corrected chi connectivity index (χ0v) is 16.0. The van der Waals surface area contributed by atoms with Gasteiger partial charge in [-0.15, -0.1) is 0 Å². The summed E-state index contributed by atoms with van der Waals surface area (Å²) >= 11 is 6.02. The van der Waals surface area contributed by atoms with E-state index in [1.807, 2.05) is 6.92 Å². The number of nitrogens with zero attached hydrogens (tertiary/aromatic N) is 2. The molecule has 2 fully saturated rings. The van der Waals surface area contributed by atoms with E-state index < -0.39 is 10.0 Å². The fourth-order valence-electron chi connectivity index (χ4n) is 3.86. The van der Waals surface area contributed by atoms with Crippen LogP contribution < -0.4 is 0 Å². The van der Waals surface area contributed by atoms with Crippen LogP contribution in [-0.2, 0) is 10.0 Å². The summed E-state index contributed by atoms with van der Waals surface area (Å²) in [4.78, 5) is 2.86. The second-order valence-corrected chi connectivity index (χ2v) is 9.34. The summed E-state index contributed by atoms with van der Waals surface area (Å²) in [6.45, 7) is 4.69.